The van der Waals surface area contributed by atoms with Crippen LogP contribution in [0.25, 0.3) is 0 Å². The van der Waals surface area contributed by atoms with E-state index in [0.29, 0.717) is 12.3 Å². The van der Waals surface area contributed by atoms with Crippen LogP contribution in [0.3, 0.4) is 0 Å². The van der Waals surface area contributed by atoms with Gasteiger partial charge in [-0.1, -0.05) is 33.8 Å². The molecule has 0 radical (unpaired) electrons. The normalized spacial score (nSPS) is 13.5. The largest absolute Gasteiger partial charge is 0.507 e. The molecule has 1 aromatic carbocycles. The van der Waals surface area contributed by atoms with Crippen LogP contribution in [-0.4, -0.2) is 26.0 Å². The second kappa shape index (κ2) is 7.98. The SMILES string of the molecule is Cc1cc(Cc2c(C(C)C)nn(CCC(=O)O)c2C(C)C)c2c(c1O)CCC2. The van der Waals surface area contributed by atoms with Gasteiger partial charge >= 0.3 is 5.97 Å². The predicted octanol–water partition coefficient (Wildman–Crippen LogP) is 4.70. The van der Waals surface area contributed by atoms with Gasteiger partial charge in [0, 0.05) is 17.7 Å². The summed E-state index contributed by atoms with van der Waals surface area (Å²) < 4.78 is 1.91. The van der Waals surface area contributed by atoms with Crippen LogP contribution in [0.5, 0.6) is 5.75 Å². The Hall–Kier alpha value is -2.30. The molecule has 0 spiro atoms. The summed E-state index contributed by atoms with van der Waals surface area (Å²) in [5.41, 5.74) is 8.07. The van der Waals surface area contributed by atoms with E-state index < -0.39 is 5.97 Å². The number of phenolic OH excluding ortho intramolecular Hbond substituents is 1. The van der Waals surface area contributed by atoms with Crippen molar-refractivity contribution in [2.75, 3.05) is 0 Å². The maximum absolute atomic E-state index is 11.1. The number of phenols is 1. The monoisotopic (exact) mass is 384 g/mol. The predicted molar refractivity (Wildman–Crippen MR) is 110 cm³/mol. The van der Waals surface area contributed by atoms with Crippen LogP contribution in [0.4, 0.5) is 0 Å². The van der Waals surface area contributed by atoms with E-state index in [1.54, 1.807) is 0 Å². The Labute approximate surface area is 167 Å². The van der Waals surface area contributed by atoms with Gasteiger partial charge in [-0.05, 0) is 60.3 Å². The van der Waals surface area contributed by atoms with Gasteiger partial charge < -0.3 is 10.2 Å². The first kappa shape index (κ1) is 20.4. The lowest BCUT2D eigenvalue weighted by molar-refractivity contribution is -0.137. The molecule has 0 fully saturated rings. The number of rotatable bonds is 7. The Morgan fingerprint density at radius 3 is 2.46 bits per heavy atom. The van der Waals surface area contributed by atoms with Crippen molar-refractivity contribution in [2.24, 2.45) is 0 Å². The fraction of sp³-hybridized carbons (Fsp3) is 0.565. The highest BCUT2D eigenvalue weighted by atomic mass is 16.4. The van der Waals surface area contributed by atoms with Gasteiger partial charge in [0.2, 0.25) is 0 Å². The van der Waals surface area contributed by atoms with Crippen molar-refractivity contribution < 1.29 is 15.0 Å². The minimum Gasteiger partial charge on any atom is -0.507 e. The maximum Gasteiger partial charge on any atom is 0.305 e. The molecule has 1 heterocycles. The van der Waals surface area contributed by atoms with Crippen LogP contribution in [0.1, 0.15) is 91.6 Å². The Balaban J connectivity index is 2.10. The zero-order chi connectivity index (χ0) is 20.6. The minimum absolute atomic E-state index is 0.0755. The quantitative estimate of drug-likeness (QED) is 0.726. The topological polar surface area (TPSA) is 75.4 Å². The summed E-state index contributed by atoms with van der Waals surface area (Å²) in [5.74, 6) is 0.186. The lowest BCUT2D eigenvalue weighted by atomic mass is 9.89. The molecular weight excluding hydrogens is 352 g/mol. The van der Waals surface area contributed by atoms with Crippen LogP contribution in [0.15, 0.2) is 6.07 Å². The Morgan fingerprint density at radius 2 is 1.86 bits per heavy atom. The molecule has 0 unspecified atom stereocenters. The van der Waals surface area contributed by atoms with Gasteiger partial charge in [0.25, 0.3) is 0 Å². The van der Waals surface area contributed by atoms with E-state index in [1.807, 2.05) is 11.6 Å². The number of carbonyl (C=O) groups is 1. The van der Waals surface area contributed by atoms with Gasteiger partial charge in [0.05, 0.1) is 18.7 Å². The highest BCUT2D eigenvalue weighted by Crippen LogP contribution is 2.38. The van der Waals surface area contributed by atoms with Crippen LogP contribution in [-0.2, 0) is 30.6 Å². The van der Waals surface area contributed by atoms with Crippen molar-refractivity contribution in [3.63, 3.8) is 0 Å². The van der Waals surface area contributed by atoms with E-state index in [-0.39, 0.29) is 18.3 Å². The number of aryl methyl sites for hydroxylation is 2. The number of hydrogen-bond donors (Lipinski definition) is 2. The smallest absolute Gasteiger partial charge is 0.305 e. The molecule has 5 heteroatoms. The van der Waals surface area contributed by atoms with Gasteiger partial charge in [-0.15, -0.1) is 0 Å². The van der Waals surface area contributed by atoms with E-state index in [0.717, 1.165) is 48.2 Å². The van der Waals surface area contributed by atoms with Crippen molar-refractivity contribution in [2.45, 2.75) is 85.1 Å². The average molecular weight is 385 g/mol. The summed E-state index contributed by atoms with van der Waals surface area (Å²) in [7, 11) is 0. The first-order valence-corrected chi connectivity index (χ1v) is 10.3. The van der Waals surface area contributed by atoms with Crippen molar-refractivity contribution >= 4 is 5.97 Å². The molecule has 1 aliphatic carbocycles. The number of benzene rings is 1. The van der Waals surface area contributed by atoms with Crippen LogP contribution in [0, 0.1) is 6.92 Å². The number of hydrogen-bond acceptors (Lipinski definition) is 3. The summed E-state index contributed by atoms with van der Waals surface area (Å²) in [6.45, 7) is 11.0. The third-order valence-corrected chi connectivity index (χ3v) is 5.78. The fourth-order valence-corrected chi connectivity index (χ4v) is 4.56. The Bertz CT molecular complexity index is 894. The Kier molecular flexibility index (Phi) is 5.82. The second-order valence-corrected chi connectivity index (χ2v) is 8.61. The maximum atomic E-state index is 11.1. The zero-order valence-corrected chi connectivity index (χ0v) is 17.7. The molecule has 0 saturated carbocycles. The lowest BCUT2D eigenvalue weighted by Crippen LogP contribution is -2.11. The van der Waals surface area contributed by atoms with Crippen LogP contribution >= 0.6 is 0 Å². The van der Waals surface area contributed by atoms with Crippen molar-refractivity contribution in [3.8, 4) is 5.75 Å². The van der Waals surface area contributed by atoms with Gasteiger partial charge in [0.1, 0.15) is 5.75 Å². The van der Waals surface area contributed by atoms with Crippen LogP contribution < -0.4 is 0 Å². The molecule has 3 rings (SSSR count). The molecule has 1 aromatic heterocycles. The van der Waals surface area contributed by atoms with E-state index >= 15 is 0 Å². The molecule has 0 amide bonds. The molecule has 2 aromatic rings. The fourth-order valence-electron chi connectivity index (χ4n) is 4.56. The van der Waals surface area contributed by atoms with Crippen molar-refractivity contribution in [3.05, 3.63) is 45.3 Å². The van der Waals surface area contributed by atoms with Gasteiger partial charge in [-0.25, -0.2) is 0 Å². The molecule has 0 atom stereocenters. The zero-order valence-electron chi connectivity index (χ0n) is 17.7. The number of carboxylic acid groups (broad SMARTS) is 1. The molecule has 0 saturated heterocycles. The third kappa shape index (κ3) is 3.80. The number of fused-ring (bicyclic) bond motifs is 1. The summed E-state index contributed by atoms with van der Waals surface area (Å²) in [6.07, 6.45) is 3.91. The first-order chi connectivity index (χ1) is 13.2. The molecular formula is C23H32N2O3. The molecule has 5 nitrogen and oxygen atoms in total. The second-order valence-electron chi connectivity index (χ2n) is 8.61. The average Bonchev–Trinajstić information content (AvgIpc) is 3.22. The summed E-state index contributed by atoms with van der Waals surface area (Å²) in [5, 5.41) is 24.4. The molecule has 28 heavy (non-hydrogen) atoms. The molecule has 152 valence electrons. The number of carboxylic acids is 1. The Morgan fingerprint density at radius 1 is 1.18 bits per heavy atom. The lowest BCUT2D eigenvalue weighted by Gasteiger charge is -2.16. The van der Waals surface area contributed by atoms with Crippen molar-refractivity contribution in [1.29, 1.82) is 0 Å². The van der Waals surface area contributed by atoms with E-state index in [2.05, 4.69) is 33.8 Å². The third-order valence-electron chi connectivity index (χ3n) is 5.78. The number of aromatic hydroxyl groups is 1. The van der Waals surface area contributed by atoms with E-state index in [9.17, 15) is 9.90 Å². The summed E-state index contributed by atoms with van der Waals surface area (Å²) in [4.78, 5) is 11.1. The molecule has 2 N–H and O–H groups in total. The van der Waals surface area contributed by atoms with Gasteiger partial charge in [0.15, 0.2) is 0 Å². The highest BCUT2D eigenvalue weighted by molar-refractivity contribution is 5.66. The van der Waals surface area contributed by atoms with Crippen molar-refractivity contribution in [1.82, 2.24) is 9.78 Å². The van der Waals surface area contributed by atoms with Gasteiger partial charge in [-0.3, -0.25) is 9.48 Å². The van der Waals surface area contributed by atoms with Crippen LogP contribution in [0.2, 0.25) is 0 Å². The van der Waals surface area contributed by atoms with E-state index in [4.69, 9.17) is 10.2 Å². The molecule has 0 aliphatic heterocycles. The highest BCUT2D eigenvalue weighted by Gasteiger charge is 2.26. The summed E-state index contributed by atoms with van der Waals surface area (Å²) >= 11 is 0. The molecule has 0 bridgehead atoms. The first-order valence-electron chi connectivity index (χ1n) is 10.3. The summed E-state index contributed by atoms with van der Waals surface area (Å²) in [6, 6.07) is 2.13. The minimum atomic E-state index is -0.801. The molecule has 1 aliphatic rings. The standard InChI is InChI=1S/C23H32N2O3/c1-13(2)21-19(22(14(3)4)25(24-21)10-9-20(26)27)12-16-11-15(5)23(28)18-8-6-7-17(16)18/h11,13-14,28H,6-10,12H2,1-5H3,(H,26,27). The number of aliphatic carboxylic acids is 1. The van der Waals surface area contributed by atoms with E-state index in [1.165, 1.54) is 16.7 Å². The number of aromatic nitrogens is 2. The van der Waals surface area contributed by atoms with Gasteiger partial charge in [-0.2, -0.15) is 5.10 Å². The number of nitrogens with zero attached hydrogens (tertiary/aromatic N) is 2.